The van der Waals surface area contributed by atoms with Crippen LogP contribution in [0, 0.1) is 11.3 Å². The highest BCUT2D eigenvalue weighted by Crippen LogP contribution is 2.21. The van der Waals surface area contributed by atoms with Crippen LogP contribution in [0.25, 0.3) is 11.5 Å². The van der Waals surface area contributed by atoms with E-state index in [1.54, 1.807) is 30.6 Å². The van der Waals surface area contributed by atoms with Crippen LogP contribution >= 0.6 is 0 Å². The van der Waals surface area contributed by atoms with Gasteiger partial charge in [-0.2, -0.15) is 10.2 Å². The molecule has 27 heavy (non-hydrogen) atoms. The predicted molar refractivity (Wildman–Crippen MR) is 96.5 cm³/mol. The van der Waals surface area contributed by atoms with Gasteiger partial charge in [0.15, 0.2) is 5.82 Å². The van der Waals surface area contributed by atoms with Gasteiger partial charge in [0.05, 0.1) is 17.7 Å². The molecule has 136 valence electrons. The molecule has 0 saturated carbocycles. The Bertz CT molecular complexity index is 929. The van der Waals surface area contributed by atoms with Gasteiger partial charge in [0.25, 0.3) is 5.89 Å². The Labute approximate surface area is 156 Å². The molecule has 1 aliphatic heterocycles. The van der Waals surface area contributed by atoms with Gasteiger partial charge < -0.3 is 14.2 Å². The van der Waals surface area contributed by atoms with Gasteiger partial charge in [-0.15, -0.1) is 0 Å². The molecule has 0 radical (unpaired) electrons. The second-order valence-electron chi connectivity index (χ2n) is 6.25. The number of hydrogen-bond donors (Lipinski definition) is 0. The highest BCUT2D eigenvalue weighted by molar-refractivity contribution is 5.55. The van der Waals surface area contributed by atoms with Crippen molar-refractivity contribution in [3.05, 3.63) is 54.1 Å². The summed E-state index contributed by atoms with van der Waals surface area (Å²) in [4.78, 5) is 15.1. The number of benzene rings is 1. The number of nitriles is 1. The third-order valence-electron chi connectivity index (χ3n) is 4.43. The van der Waals surface area contributed by atoms with Crippen molar-refractivity contribution in [1.82, 2.24) is 20.1 Å². The molecule has 3 aromatic rings. The number of piperidine rings is 1. The van der Waals surface area contributed by atoms with Gasteiger partial charge in [0.2, 0.25) is 5.95 Å². The maximum absolute atomic E-state index is 8.99. The first kappa shape index (κ1) is 17.1. The molecule has 0 unspecified atom stereocenters. The average molecular weight is 362 g/mol. The van der Waals surface area contributed by atoms with Gasteiger partial charge in [-0.05, 0) is 37.1 Å². The van der Waals surface area contributed by atoms with Crippen LogP contribution in [-0.2, 0) is 11.3 Å². The monoisotopic (exact) mass is 362 g/mol. The van der Waals surface area contributed by atoms with Crippen LogP contribution in [0.1, 0.15) is 24.2 Å². The topological polar surface area (TPSA) is 101 Å². The van der Waals surface area contributed by atoms with Crippen molar-refractivity contribution in [2.75, 3.05) is 18.0 Å². The van der Waals surface area contributed by atoms with E-state index in [0.29, 0.717) is 23.9 Å². The smallest absolute Gasteiger partial charge is 0.258 e. The van der Waals surface area contributed by atoms with Crippen molar-refractivity contribution in [3.63, 3.8) is 0 Å². The fourth-order valence-electron chi connectivity index (χ4n) is 3.02. The van der Waals surface area contributed by atoms with E-state index in [0.717, 1.165) is 37.4 Å². The summed E-state index contributed by atoms with van der Waals surface area (Å²) in [6, 6.07) is 11.0. The highest BCUT2D eigenvalue weighted by atomic mass is 16.5. The Balaban J connectivity index is 1.30. The lowest BCUT2D eigenvalue weighted by atomic mass is 10.1. The summed E-state index contributed by atoms with van der Waals surface area (Å²) in [5.41, 5.74) is 1.28. The average Bonchev–Trinajstić information content (AvgIpc) is 3.22. The first-order valence-corrected chi connectivity index (χ1v) is 8.78. The second-order valence-corrected chi connectivity index (χ2v) is 6.25. The summed E-state index contributed by atoms with van der Waals surface area (Å²) >= 11 is 0. The van der Waals surface area contributed by atoms with Gasteiger partial charge in [-0.3, -0.25) is 0 Å². The summed E-state index contributed by atoms with van der Waals surface area (Å²) in [6.07, 6.45) is 5.45. The third-order valence-corrected chi connectivity index (χ3v) is 4.43. The first-order chi connectivity index (χ1) is 13.3. The summed E-state index contributed by atoms with van der Waals surface area (Å²) in [6.45, 7) is 2.01. The largest absolute Gasteiger partial charge is 0.370 e. The van der Waals surface area contributed by atoms with E-state index in [9.17, 15) is 0 Å². The SMILES string of the molecule is N#Cc1cccc(-c2nc(COC3CCN(c4ncccn4)CC3)no2)c1. The lowest BCUT2D eigenvalue weighted by Gasteiger charge is -2.31. The van der Waals surface area contributed by atoms with Crippen molar-refractivity contribution >= 4 is 5.95 Å². The Kier molecular flexibility index (Phi) is 5.03. The van der Waals surface area contributed by atoms with E-state index < -0.39 is 0 Å². The van der Waals surface area contributed by atoms with Crippen molar-refractivity contribution < 1.29 is 9.26 Å². The van der Waals surface area contributed by atoms with Gasteiger partial charge in [0, 0.05) is 31.0 Å². The zero-order chi connectivity index (χ0) is 18.5. The van der Waals surface area contributed by atoms with Crippen LogP contribution < -0.4 is 4.90 Å². The summed E-state index contributed by atoms with van der Waals surface area (Å²) in [5.74, 6) is 1.65. The van der Waals surface area contributed by atoms with E-state index in [-0.39, 0.29) is 6.10 Å². The molecule has 8 nitrogen and oxygen atoms in total. The maximum Gasteiger partial charge on any atom is 0.258 e. The van der Waals surface area contributed by atoms with Crippen molar-refractivity contribution in [2.45, 2.75) is 25.6 Å². The molecular formula is C19H18N6O2. The van der Waals surface area contributed by atoms with E-state index >= 15 is 0 Å². The van der Waals surface area contributed by atoms with Crippen LogP contribution in [0.15, 0.2) is 47.2 Å². The zero-order valence-corrected chi connectivity index (χ0v) is 14.7. The molecule has 4 rings (SSSR count). The van der Waals surface area contributed by atoms with Crippen molar-refractivity contribution in [2.24, 2.45) is 0 Å². The minimum absolute atomic E-state index is 0.147. The number of nitrogens with zero attached hydrogens (tertiary/aromatic N) is 6. The molecule has 0 bridgehead atoms. The minimum atomic E-state index is 0.147. The molecule has 1 aromatic carbocycles. The minimum Gasteiger partial charge on any atom is -0.370 e. The van der Waals surface area contributed by atoms with Gasteiger partial charge in [0.1, 0.15) is 6.61 Å². The molecule has 1 fully saturated rings. The predicted octanol–water partition coefficient (Wildman–Crippen LogP) is 2.58. The molecular weight excluding hydrogens is 344 g/mol. The van der Waals surface area contributed by atoms with E-state index in [4.69, 9.17) is 14.5 Å². The molecule has 0 N–H and O–H groups in total. The van der Waals surface area contributed by atoms with Crippen LogP contribution in [-0.4, -0.2) is 39.3 Å². The van der Waals surface area contributed by atoms with Crippen LogP contribution in [0.3, 0.4) is 0 Å². The number of ether oxygens (including phenoxy) is 1. The molecule has 0 atom stereocenters. The van der Waals surface area contributed by atoms with Gasteiger partial charge in [-0.1, -0.05) is 11.2 Å². The van der Waals surface area contributed by atoms with Crippen LogP contribution in [0.4, 0.5) is 5.95 Å². The van der Waals surface area contributed by atoms with Crippen molar-refractivity contribution in [3.8, 4) is 17.5 Å². The standard InChI is InChI=1S/C19H18N6O2/c20-12-14-3-1-4-15(11-14)18-23-17(24-27-18)13-26-16-5-9-25(10-6-16)19-21-7-2-8-22-19/h1-4,7-8,11,16H,5-6,9-10,13H2. The first-order valence-electron chi connectivity index (χ1n) is 8.78. The Morgan fingerprint density at radius 2 is 2.00 bits per heavy atom. The fraction of sp³-hybridized carbons (Fsp3) is 0.316. The molecule has 0 aliphatic carbocycles. The quantitative estimate of drug-likeness (QED) is 0.682. The van der Waals surface area contributed by atoms with Crippen LogP contribution in [0.5, 0.6) is 0 Å². The molecule has 8 heteroatoms. The van der Waals surface area contributed by atoms with Crippen molar-refractivity contribution in [1.29, 1.82) is 5.26 Å². The molecule has 1 aliphatic rings. The van der Waals surface area contributed by atoms with E-state index in [1.165, 1.54) is 0 Å². The number of hydrogen-bond acceptors (Lipinski definition) is 8. The number of anilines is 1. The maximum atomic E-state index is 8.99. The summed E-state index contributed by atoms with van der Waals surface area (Å²) < 4.78 is 11.2. The fourth-order valence-corrected chi connectivity index (χ4v) is 3.02. The highest BCUT2D eigenvalue weighted by Gasteiger charge is 2.22. The molecule has 0 amide bonds. The molecule has 2 aromatic heterocycles. The normalized spacial score (nSPS) is 14.9. The Morgan fingerprint density at radius 1 is 1.19 bits per heavy atom. The number of rotatable bonds is 5. The lowest BCUT2D eigenvalue weighted by molar-refractivity contribution is 0.0206. The molecule has 3 heterocycles. The third kappa shape index (κ3) is 4.10. The number of aromatic nitrogens is 4. The summed E-state index contributed by atoms with van der Waals surface area (Å²) in [5, 5.41) is 13.0. The van der Waals surface area contributed by atoms with E-state index in [2.05, 4.69) is 31.1 Å². The van der Waals surface area contributed by atoms with Crippen LogP contribution in [0.2, 0.25) is 0 Å². The molecule has 0 spiro atoms. The Hall–Kier alpha value is -3.31. The second kappa shape index (κ2) is 7.93. The van der Waals surface area contributed by atoms with Gasteiger partial charge in [-0.25, -0.2) is 9.97 Å². The zero-order valence-electron chi connectivity index (χ0n) is 14.7. The summed E-state index contributed by atoms with van der Waals surface area (Å²) in [7, 11) is 0. The van der Waals surface area contributed by atoms with Gasteiger partial charge >= 0.3 is 0 Å². The van der Waals surface area contributed by atoms with E-state index in [1.807, 2.05) is 12.1 Å². The molecule has 1 saturated heterocycles. The Morgan fingerprint density at radius 3 is 2.78 bits per heavy atom. The lowest BCUT2D eigenvalue weighted by Crippen LogP contribution is -2.37.